The molecule has 0 radical (unpaired) electrons. The van der Waals surface area contributed by atoms with E-state index in [-0.39, 0.29) is 5.91 Å². The second-order valence-corrected chi connectivity index (χ2v) is 6.73. The third-order valence-electron chi connectivity index (χ3n) is 4.09. The Bertz CT molecular complexity index is 768. The van der Waals surface area contributed by atoms with Gasteiger partial charge in [0.25, 0.3) is 5.91 Å². The van der Waals surface area contributed by atoms with Crippen molar-refractivity contribution < 1.29 is 9.53 Å². The van der Waals surface area contributed by atoms with Crippen LogP contribution in [0.2, 0.25) is 10.0 Å². The highest BCUT2D eigenvalue weighted by molar-refractivity contribution is 6.38. The van der Waals surface area contributed by atoms with Crippen molar-refractivity contribution in [2.45, 2.75) is 6.54 Å². The van der Waals surface area contributed by atoms with Crippen molar-refractivity contribution in [2.75, 3.05) is 26.3 Å². The Morgan fingerprint density at radius 3 is 2.42 bits per heavy atom. The van der Waals surface area contributed by atoms with Crippen molar-refractivity contribution in [1.29, 1.82) is 0 Å². The number of halogens is 2. The van der Waals surface area contributed by atoms with E-state index in [0.29, 0.717) is 21.2 Å². The third kappa shape index (κ3) is 5.05. The highest BCUT2D eigenvalue weighted by Gasteiger charge is 2.11. The van der Waals surface area contributed by atoms with Gasteiger partial charge < -0.3 is 4.74 Å². The van der Waals surface area contributed by atoms with Crippen LogP contribution in [0.15, 0.2) is 47.6 Å². The summed E-state index contributed by atoms with van der Waals surface area (Å²) in [6.07, 6.45) is 1.44. The number of nitrogens with one attached hydrogen (secondary N) is 1. The normalized spacial score (nSPS) is 15.3. The molecule has 0 spiro atoms. The van der Waals surface area contributed by atoms with E-state index < -0.39 is 0 Å². The van der Waals surface area contributed by atoms with E-state index in [1.54, 1.807) is 30.3 Å². The molecule has 1 heterocycles. The maximum absolute atomic E-state index is 12.2. The molecule has 0 bridgehead atoms. The molecule has 0 atom stereocenters. The molecule has 136 valence electrons. The van der Waals surface area contributed by atoms with E-state index in [9.17, 15) is 4.79 Å². The molecule has 26 heavy (non-hydrogen) atoms. The van der Waals surface area contributed by atoms with Crippen LogP contribution in [0.4, 0.5) is 0 Å². The fourth-order valence-corrected chi connectivity index (χ4v) is 3.13. The Kier molecular flexibility index (Phi) is 6.63. The van der Waals surface area contributed by atoms with E-state index in [1.807, 2.05) is 12.1 Å². The highest BCUT2D eigenvalue weighted by atomic mass is 35.5. The van der Waals surface area contributed by atoms with Crippen LogP contribution in [0.3, 0.4) is 0 Å². The van der Waals surface area contributed by atoms with Crippen molar-refractivity contribution in [3.05, 3.63) is 69.2 Å². The van der Waals surface area contributed by atoms with Gasteiger partial charge in [-0.05, 0) is 29.8 Å². The predicted molar refractivity (Wildman–Crippen MR) is 104 cm³/mol. The van der Waals surface area contributed by atoms with Crippen LogP contribution in [0.1, 0.15) is 21.5 Å². The first-order valence-electron chi connectivity index (χ1n) is 8.30. The number of hydrogen-bond acceptors (Lipinski definition) is 4. The summed E-state index contributed by atoms with van der Waals surface area (Å²) in [5, 5.41) is 4.89. The quantitative estimate of drug-likeness (QED) is 0.625. The van der Waals surface area contributed by atoms with Crippen molar-refractivity contribution in [2.24, 2.45) is 5.10 Å². The molecule has 0 aromatic heterocycles. The number of amides is 1. The van der Waals surface area contributed by atoms with E-state index in [4.69, 9.17) is 27.9 Å². The summed E-state index contributed by atoms with van der Waals surface area (Å²) in [5.74, 6) is -0.289. The standard InChI is InChI=1S/C19H19Cl2N3O2/c20-17-2-1-3-18(21)16(17)12-22-23-19(25)15-6-4-14(5-7-15)13-24-8-10-26-11-9-24/h1-7,12H,8-11,13H2,(H,23,25). The lowest BCUT2D eigenvalue weighted by Gasteiger charge is -2.26. The summed E-state index contributed by atoms with van der Waals surface area (Å²) in [5.41, 5.74) is 4.76. The minimum Gasteiger partial charge on any atom is -0.379 e. The minimum absolute atomic E-state index is 0.289. The first kappa shape index (κ1) is 18.9. The molecule has 0 aliphatic carbocycles. The Labute approximate surface area is 162 Å². The number of carbonyl (C=O) groups excluding carboxylic acids is 1. The van der Waals surface area contributed by atoms with Crippen LogP contribution in [0.25, 0.3) is 0 Å². The molecule has 3 rings (SSSR count). The summed E-state index contributed by atoms with van der Waals surface area (Å²) in [6, 6.07) is 12.7. The molecular weight excluding hydrogens is 373 g/mol. The van der Waals surface area contributed by atoms with E-state index in [1.165, 1.54) is 6.21 Å². The number of hydrazone groups is 1. The number of rotatable bonds is 5. The Balaban J connectivity index is 1.57. The van der Waals surface area contributed by atoms with Crippen molar-refractivity contribution in [3.63, 3.8) is 0 Å². The summed E-state index contributed by atoms with van der Waals surface area (Å²) in [6.45, 7) is 4.26. The molecular formula is C19H19Cl2N3O2. The molecule has 2 aromatic carbocycles. The van der Waals surface area contributed by atoms with Crippen LogP contribution in [0, 0.1) is 0 Å². The Hall–Kier alpha value is -1.92. The number of ether oxygens (including phenoxy) is 1. The topological polar surface area (TPSA) is 53.9 Å². The molecule has 1 amide bonds. The molecule has 1 aliphatic rings. The molecule has 7 heteroatoms. The predicted octanol–water partition coefficient (Wildman–Crippen LogP) is 3.59. The molecule has 0 unspecified atom stereocenters. The number of benzene rings is 2. The smallest absolute Gasteiger partial charge is 0.271 e. The minimum atomic E-state index is -0.289. The molecule has 5 nitrogen and oxygen atoms in total. The molecule has 1 fully saturated rings. The van der Waals surface area contributed by atoms with Gasteiger partial charge in [-0.3, -0.25) is 9.69 Å². The van der Waals surface area contributed by atoms with Gasteiger partial charge in [0.05, 0.1) is 29.5 Å². The van der Waals surface area contributed by atoms with Crippen LogP contribution in [-0.4, -0.2) is 43.3 Å². The van der Waals surface area contributed by atoms with Crippen LogP contribution < -0.4 is 5.43 Å². The van der Waals surface area contributed by atoms with Gasteiger partial charge in [0.2, 0.25) is 0 Å². The zero-order valence-corrected chi connectivity index (χ0v) is 15.6. The maximum Gasteiger partial charge on any atom is 0.271 e. The molecule has 1 aliphatic heterocycles. The van der Waals surface area contributed by atoms with Crippen molar-refractivity contribution in [1.82, 2.24) is 10.3 Å². The lowest BCUT2D eigenvalue weighted by atomic mass is 10.1. The second kappa shape index (κ2) is 9.14. The van der Waals surface area contributed by atoms with Crippen LogP contribution in [0.5, 0.6) is 0 Å². The average molecular weight is 392 g/mol. The summed E-state index contributed by atoms with van der Waals surface area (Å²) < 4.78 is 5.35. The zero-order chi connectivity index (χ0) is 18.4. The fourth-order valence-electron chi connectivity index (χ4n) is 2.63. The van der Waals surface area contributed by atoms with E-state index >= 15 is 0 Å². The van der Waals surface area contributed by atoms with Crippen LogP contribution >= 0.6 is 23.2 Å². The maximum atomic E-state index is 12.2. The number of nitrogens with zero attached hydrogens (tertiary/aromatic N) is 2. The lowest BCUT2D eigenvalue weighted by Crippen LogP contribution is -2.35. The van der Waals surface area contributed by atoms with Crippen LogP contribution in [-0.2, 0) is 11.3 Å². The summed E-state index contributed by atoms with van der Waals surface area (Å²) in [7, 11) is 0. The van der Waals surface area contributed by atoms with Gasteiger partial charge in [0.1, 0.15) is 0 Å². The van der Waals surface area contributed by atoms with Gasteiger partial charge in [-0.15, -0.1) is 0 Å². The first-order chi connectivity index (χ1) is 12.6. The molecule has 2 aromatic rings. The molecule has 1 N–H and O–H groups in total. The number of hydrogen-bond donors (Lipinski definition) is 1. The van der Waals surface area contributed by atoms with Gasteiger partial charge in [-0.2, -0.15) is 5.10 Å². The van der Waals surface area contributed by atoms with Gasteiger partial charge in [-0.1, -0.05) is 41.4 Å². The first-order valence-corrected chi connectivity index (χ1v) is 9.05. The third-order valence-corrected chi connectivity index (χ3v) is 4.74. The Morgan fingerprint density at radius 2 is 1.77 bits per heavy atom. The molecule has 1 saturated heterocycles. The Morgan fingerprint density at radius 1 is 1.12 bits per heavy atom. The average Bonchev–Trinajstić information content (AvgIpc) is 2.65. The number of morpholine rings is 1. The van der Waals surface area contributed by atoms with E-state index in [2.05, 4.69) is 15.4 Å². The van der Waals surface area contributed by atoms with Gasteiger partial charge >= 0.3 is 0 Å². The van der Waals surface area contributed by atoms with Crippen molar-refractivity contribution in [3.8, 4) is 0 Å². The largest absolute Gasteiger partial charge is 0.379 e. The van der Waals surface area contributed by atoms with E-state index in [0.717, 1.165) is 38.4 Å². The zero-order valence-electron chi connectivity index (χ0n) is 14.1. The lowest BCUT2D eigenvalue weighted by molar-refractivity contribution is 0.0342. The highest BCUT2D eigenvalue weighted by Crippen LogP contribution is 2.22. The van der Waals surface area contributed by atoms with Gasteiger partial charge in [0, 0.05) is 30.8 Å². The SMILES string of the molecule is O=C(NN=Cc1c(Cl)cccc1Cl)c1ccc(CN2CCOCC2)cc1. The monoisotopic (exact) mass is 391 g/mol. The van der Waals surface area contributed by atoms with Crippen molar-refractivity contribution >= 4 is 35.3 Å². The summed E-state index contributed by atoms with van der Waals surface area (Å²) >= 11 is 12.1. The summed E-state index contributed by atoms with van der Waals surface area (Å²) in [4.78, 5) is 14.5. The second-order valence-electron chi connectivity index (χ2n) is 5.92. The van der Waals surface area contributed by atoms with Gasteiger partial charge in [0.15, 0.2) is 0 Å². The molecule has 0 saturated carbocycles. The fraction of sp³-hybridized carbons (Fsp3) is 0.263. The van der Waals surface area contributed by atoms with Gasteiger partial charge in [-0.25, -0.2) is 5.43 Å². The number of carbonyl (C=O) groups is 1.